The minimum absolute atomic E-state index is 0.0315. The van der Waals surface area contributed by atoms with Crippen molar-refractivity contribution in [3.05, 3.63) is 36.4 Å². The number of rotatable bonds is 7. The molecule has 0 spiro atoms. The number of nitrogens with one attached hydrogen (secondary N) is 1. The highest BCUT2D eigenvalue weighted by atomic mass is 16.5. The highest BCUT2D eigenvalue weighted by molar-refractivity contribution is 5.81. The Morgan fingerprint density at radius 3 is 2.63 bits per heavy atom. The van der Waals surface area contributed by atoms with Gasteiger partial charge in [0.05, 0.1) is 26.3 Å². The Morgan fingerprint density at radius 2 is 2.00 bits per heavy atom. The van der Waals surface area contributed by atoms with Gasteiger partial charge in [-0.25, -0.2) is 9.67 Å². The molecule has 146 valence electrons. The summed E-state index contributed by atoms with van der Waals surface area (Å²) in [5.74, 6) is 1.37. The molecule has 1 aromatic heterocycles. The summed E-state index contributed by atoms with van der Waals surface area (Å²) in [6.45, 7) is 4.16. The van der Waals surface area contributed by atoms with Crippen molar-refractivity contribution in [2.45, 2.75) is 38.4 Å². The standard InChI is InChI=1S/C19H27N5O3/c1-14(23-8-6-16(7-9-23)24-13-20-12-22-24)19(25)21-11-15-4-5-17(26-2)18(10-15)27-3/h4-5,10,12-14,16H,6-9,11H2,1-3H3,(H,21,25). The highest BCUT2D eigenvalue weighted by Gasteiger charge is 2.27. The molecule has 1 aromatic carbocycles. The van der Waals surface area contributed by atoms with E-state index in [1.165, 1.54) is 0 Å². The Morgan fingerprint density at radius 1 is 1.26 bits per heavy atom. The van der Waals surface area contributed by atoms with Gasteiger partial charge in [0.2, 0.25) is 5.91 Å². The minimum atomic E-state index is -0.165. The number of likely N-dealkylation sites (tertiary alicyclic amines) is 1. The quantitative estimate of drug-likeness (QED) is 0.795. The number of aromatic nitrogens is 3. The first-order chi connectivity index (χ1) is 13.1. The van der Waals surface area contributed by atoms with Crippen molar-refractivity contribution in [2.75, 3.05) is 27.3 Å². The number of nitrogens with zero attached hydrogens (tertiary/aromatic N) is 4. The van der Waals surface area contributed by atoms with Crippen LogP contribution >= 0.6 is 0 Å². The molecule has 0 bridgehead atoms. The Hall–Kier alpha value is -2.61. The van der Waals surface area contributed by atoms with Gasteiger partial charge in [0.25, 0.3) is 0 Å². The average Bonchev–Trinajstić information content (AvgIpc) is 3.26. The van der Waals surface area contributed by atoms with Crippen molar-refractivity contribution >= 4 is 5.91 Å². The smallest absolute Gasteiger partial charge is 0.237 e. The molecule has 2 aromatic rings. The fraction of sp³-hybridized carbons (Fsp3) is 0.526. The lowest BCUT2D eigenvalue weighted by Crippen LogP contribution is -2.48. The molecule has 1 fully saturated rings. The molecule has 8 nitrogen and oxygen atoms in total. The third-order valence-electron chi connectivity index (χ3n) is 5.15. The van der Waals surface area contributed by atoms with Crippen LogP contribution in [0, 0.1) is 0 Å². The molecule has 1 aliphatic rings. The second-order valence-electron chi connectivity index (χ2n) is 6.73. The van der Waals surface area contributed by atoms with E-state index in [1.807, 2.05) is 29.8 Å². The summed E-state index contributed by atoms with van der Waals surface area (Å²) in [4.78, 5) is 18.8. The van der Waals surface area contributed by atoms with Crippen LogP contribution < -0.4 is 14.8 Å². The van der Waals surface area contributed by atoms with Crippen molar-refractivity contribution in [1.82, 2.24) is 25.0 Å². The molecule has 27 heavy (non-hydrogen) atoms. The third kappa shape index (κ3) is 4.57. The maximum Gasteiger partial charge on any atom is 0.237 e. The van der Waals surface area contributed by atoms with Gasteiger partial charge in [-0.2, -0.15) is 5.10 Å². The lowest BCUT2D eigenvalue weighted by atomic mass is 10.0. The molecule has 1 amide bonds. The predicted molar refractivity (Wildman–Crippen MR) is 101 cm³/mol. The Balaban J connectivity index is 1.49. The van der Waals surface area contributed by atoms with Crippen LogP contribution in [-0.4, -0.2) is 58.9 Å². The van der Waals surface area contributed by atoms with Crippen LogP contribution in [0.5, 0.6) is 11.5 Å². The molecule has 1 atom stereocenters. The highest BCUT2D eigenvalue weighted by Crippen LogP contribution is 2.27. The van der Waals surface area contributed by atoms with Crippen LogP contribution in [0.2, 0.25) is 0 Å². The number of benzene rings is 1. The molecule has 8 heteroatoms. The van der Waals surface area contributed by atoms with E-state index in [1.54, 1.807) is 26.9 Å². The molecular formula is C19H27N5O3. The van der Waals surface area contributed by atoms with Gasteiger partial charge in [-0.15, -0.1) is 0 Å². The Bertz CT molecular complexity index is 742. The van der Waals surface area contributed by atoms with E-state index in [0.29, 0.717) is 24.1 Å². The van der Waals surface area contributed by atoms with E-state index < -0.39 is 0 Å². The number of ether oxygens (including phenoxy) is 2. The van der Waals surface area contributed by atoms with Crippen LogP contribution in [-0.2, 0) is 11.3 Å². The molecule has 1 aliphatic heterocycles. The van der Waals surface area contributed by atoms with Crippen molar-refractivity contribution < 1.29 is 14.3 Å². The zero-order valence-corrected chi connectivity index (χ0v) is 16.1. The van der Waals surface area contributed by atoms with Crippen LogP contribution in [0.3, 0.4) is 0 Å². The van der Waals surface area contributed by atoms with Crippen molar-refractivity contribution in [2.24, 2.45) is 0 Å². The summed E-state index contributed by atoms with van der Waals surface area (Å²) < 4.78 is 12.5. The molecule has 1 unspecified atom stereocenters. The SMILES string of the molecule is COc1ccc(CNC(=O)C(C)N2CCC(n3cncn3)CC2)cc1OC. The van der Waals surface area contributed by atoms with Crippen LogP contribution in [0.25, 0.3) is 0 Å². The van der Waals surface area contributed by atoms with Gasteiger partial charge in [0.1, 0.15) is 12.7 Å². The second-order valence-corrected chi connectivity index (χ2v) is 6.73. The maximum absolute atomic E-state index is 12.6. The van der Waals surface area contributed by atoms with Gasteiger partial charge >= 0.3 is 0 Å². The molecule has 3 rings (SSSR count). The Labute approximate surface area is 159 Å². The van der Waals surface area contributed by atoms with E-state index in [9.17, 15) is 4.79 Å². The van der Waals surface area contributed by atoms with Gasteiger partial charge < -0.3 is 14.8 Å². The summed E-state index contributed by atoms with van der Waals surface area (Å²) >= 11 is 0. The summed E-state index contributed by atoms with van der Waals surface area (Å²) in [7, 11) is 3.21. The molecule has 0 radical (unpaired) electrons. The number of carbonyl (C=O) groups is 1. The van der Waals surface area contributed by atoms with Crippen molar-refractivity contribution in [1.29, 1.82) is 0 Å². The largest absolute Gasteiger partial charge is 0.493 e. The number of hydrogen-bond donors (Lipinski definition) is 1. The van der Waals surface area contributed by atoms with E-state index in [2.05, 4.69) is 20.3 Å². The topological polar surface area (TPSA) is 81.5 Å². The first-order valence-corrected chi connectivity index (χ1v) is 9.19. The Kier molecular flexibility index (Phi) is 6.28. The summed E-state index contributed by atoms with van der Waals surface area (Å²) in [6, 6.07) is 5.86. The number of hydrogen-bond acceptors (Lipinski definition) is 6. The number of carbonyl (C=O) groups excluding carboxylic acids is 1. The summed E-state index contributed by atoms with van der Waals surface area (Å²) in [6.07, 6.45) is 5.27. The van der Waals surface area contributed by atoms with Gasteiger partial charge in [-0.05, 0) is 37.5 Å². The van der Waals surface area contributed by atoms with Crippen LogP contribution in [0.4, 0.5) is 0 Å². The molecule has 2 heterocycles. The number of amides is 1. The normalized spacial score (nSPS) is 16.7. The number of piperidine rings is 1. The van der Waals surface area contributed by atoms with Crippen molar-refractivity contribution in [3.8, 4) is 11.5 Å². The van der Waals surface area contributed by atoms with E-state index in [0.717, 1.165) is 31.5 Å². The van der Waals surface area contributed by atoms with Crippen LogP contribution in [0.15, 0.2) is 30.9 Å². The van der Waals surface area contributed by atoms with Crippen LogP contribution in [0.1, 0.15) is 31.4 Å². The van der Waals surface area contributed by atoms with Gasteiger partial charge in [0.15, 0.2) is 11.5 Å². The maximum atomic E-state index is 12.6. The molecule has 0 saturated carbocycles. The fourth-order valence-electron chi connectivity index (χ4n) is 3.44. The van der Waals surface area contributed by atoms with Gasteiger partial charge in [0, 0.05) is 19.6 Å². The lowest BCUT2D eigenvalue weighted by Gasteiger charge is -2.35. The second kappa shape index (κ2) is 8.85. The van der Waals surface area contributed by atoms with Crippen molar-refractivity contribution in [3.63, 3.8) is 0 Å². The van der Waals surface area contributed by atoms with Gasteiger partial charge in [-0.1, -0.05) is 6.07 Å². The minimum Gasteiger partial charge on any atom is -0.493 e. The summed E-state index contributed by atoms with van der Waals surface area (Å²) in [5.41, 5.74) is 0.970. The van der Waals surface area contributed by atoms with Gasteiger partial charge in [-0.3, -0.25) is 9.69 Å². The monoisotopic (exact) mass is 373 g/mol. The zero-order valence-electron chi connectivity index (χ0n) is 16.1. The first kappa shape index (κ1) is 19.2. The predicted octanol–water partition coefficient (Wildman–Crippen LogP) is 1.64. The van der Waals surface area contributed by atoms with E-state index in [-0.39, 0.29) is 11.9 Å². The van der Waals surface area contributed by atoms with E-state index >= 15 is 0 Å². The molecule has 1 saturated heterocycles. The zero-order chi connectivity index (χ0) is 19.2. The fourth-order valence-corrected chi connectivity index (χ4v) is 3.44. The van der Waals surface area contributed by atoms with E-state index in [4.69, 9.17) is 9.47 Å². The third-order valence-corrected chi connectivity index (χ3v) is 5.15. The lowest BCUT2D eigenvalue weighted by molar-refractivity contribution is -0.126. The summed E-state index contributed by atoms with van der Waals surface area (Å²) in [5, 5.41) is 7.24. The molecular weight excluding hydrogens is 346 g/mol. The first-order valence-electron chi connectivity index (χ1n) is 9.19. The molecule has 0 aliphatic carbocycles. The number of methoxy groups -OCH3 is 2. The molecule has 1 N–H and O–H groups in total. The average molecular weight is 373 g/mol.